The van der Waals surface area contributed by atoms with Gasteiger partial charge in [-0.05, 0) is 57.1 Å². The van der Waals surface area contributed by atoms with Crippen LogP contribution >= 0.6 is 11.8 Å². The summed E-state index contributed by atoms with van der Waals surface area (Å²) in [6.45, 7) is 0.338. The van der Waals surface area contributed by atoms with Crippen LogP contribution in [0.3, 0.4) is 0 Å². The van der Waals surface area contributed by atoms with Crippen molar-refractivity contribution in [2.45, 2.75) is 56.7 Å². The van der Waals surface area contributed by atoms with Crippen molar-refractivity contribution in [1.29, 1.82) is 0 Å². The maximum Gasteiger partial charge on any atom is 0.326 e. The zero-order valence-corrected chi connectivity index (χ0v) is 19.9. The summed E-state index contributed by atoms with van der Waals surface area (Å²) in [6.07, 6.45) is 4.43. The Morgan fingerprint density at radius 1 is 0.970 bits per heavy atom. The Kier molecular flexibility index (Phi) is 16.5. The molecule has 14 heteroatoms. The molecule has 0 heterocycles. The maximum atomic E-state index is 12.6. The molecular weight excluding hydrogens is 452 g/mol. The van der Waals surface area contributed by atoms with Crippen molar-refractivity contribution < 1.29 is 24.3 Å². The Morgan fingerprint density at radius 3 is 2.24 bits per heavy atom. The third kappa shape index (κ3) is 15.0. The predicted molar refractivity (Wildman–Crippen MR) is 128 cm³/mol. The third-order valence-corrected chi connectivity index (χ3v) is 5.20. The van der Waals surface area contributed by atoms with Gasteiger partial charge in [0.1, 0.15) is 12.1 Å². The SMILES string of the molecule is CSCCC(NC(=O)CNC(=O)C(CCCCN)NC(=O)C(N)CCCN=C(N)N)C(=O)O. The van der Waals surface area contributed by atoms with Gasteiger partial charge in [0, 0.05) is 6.54 Å². The molecule has 0 saturated carbocycles. The topological polar surface area (TPSA) is 241 Å². The number of aliphatic carboxylic acids is 1. The number of carbonyl (C=O) groups is 4. The zero-order chi connectivity index (χ0) is 25.2. The number of aliphatic imine (C=N–C) groups is 1. The molecule has 0 aromatic rings. The van der Waals surface area contributed by atoms with Crippen LogP contribution in [-0.2, 0) is 19.2 Å². The van der Waals surface area contributed by atoms with Gasteiger partial charge in [0.05, 0.1) is 12.6 Å². The first kappa shape index (κ1) is 30.4. The van der Waals surface area contributed by atoms with E-state index in [1.165, 1.54) is 11.8 Å². The molecular formula is C19H38N8O5S. The Bertz CT molecular complexity index is 660. The van der Waals surface area contributed by atoms with E-state index in [2.05, 4.69) is 20.9 Å². The van der Waals surface area contributed by atoms with Crippen LogP contribution in [0.25, 0.3) is 0 Å². The largest absolute Gasteiger partial charge is 0.480 e. The van der Waals surface area contributed by atoms with E-state index in [1.807, 2.05) is 6.26 Å². The second-order valence-electron chi connectivity index (χ2n) is 7.36. The molecule has 190 valence electrons. The van der Waals surface area contributed by atoms with Crippen molar-refractivity contribution >= 4 is 41.4 Å². The van der Waals surface area contributed by atoms with Gasteiger partial charge in [-0.15, -0.1) is 0 Å². The molecule has 0 rings (SSSR count). The molecule has 0 spiro atoms. The molecule has 33 heavy (non-hydrogen) atoms. The molecule has 3 unspecified atom stereocenters. The molecule has 0 fully saturated rings. The molecule has 0 aromatic carbocycles. The lowest BCUT2D eigenvalue weighted by atomic mass is 10.1. The number of carboxylic acid groups (broad SMARTS) is 1. The van der Waals surface area contributed by atoms with Gasteiger partial charge in [-0.1, -0.05) is 0 Å². The number of rotatable bonds is 18. The molecule has 0 aromatic heterocycles. The quantitative estimate of drug-likeness (QED) is 0.0566. The van der Waals surface area contributed by atoms with Gasteiger partial charge in [-0.25, -0.2) is 4.79 Å². The smallest absolute Gasteiger partial charge is 0.326 e. The third-order valence-electron chi connectivity index (χ3n) is 4.55. The van der Waals surface area contributed by atoms with E-state index < -0.39 is 48.4 Å². The molecule has 0 radical (unpaired) electrons. The van der Waals surface area contributed by atoms with Crippen LogP contribution in [-0.4, -0.2) is 84.5 Å². The monoisotopic (exact) mass is 490 g/mol. The van der Waals surface area contributed by atoms with Crippen molar-refractivity contribution in [3.63, 3.8) is 0 Å². The van der Waals surface area contributed by atoms with Crippen molar-refractivity contribution in [3.8, 4) is 0 Å². The highest BCUT2D eigenvalue weighted by atomic mass is 32.2. The first-order valence-corrected chi connectivity index (χ1v) is 12.1. The number of thioether (sulfide) groups is 1. The van der Waals surface area contributed by atoms with Crippen LogP contribution in [0.2, 0.25) is 0 Å². The van der Waals surface area contributed by atoms with Gasteiger partial charge >= 0.3 is 5.97 Å². The number of hydrogen-bond acceptors (Lipinski definition) is 8. The van der Waals surface area contributed by atoms with Crippen LogP contribution in [0.15, 0.2) is 4.99 Å². The summed E-state index contributed by atoms with van der Waals surface area (Å²) in [6, 6.07) is -2.81. The van der Waals surface area contributed by atoms with Gasteiger partial charge in [-0.2, -0.15) is 11.8 Å². The molecule has 3 atom stereocenters. The minimum Gasteiger partial charge on any atom is -0.480 e. The number of carboxylic acids is 1. The Balaban J connectivity index is 4.79. The number of guanidine groups is 1. The Hall–Kier alpha value is -2.58. The number of hydrogen-bond donors (Lipinski definition) is 8. The van der Waals surface area contributed by atoms with Gasteiger partial charge in [0.2, 0.25) is 17.7 Å². The molecule has 0 aliphatic carbocycles. The lowest BCUT2D eigenvalue weighted by Gasteiger charge is -2.21. The minimum atomic E-state index is -1.15. The molecule has 3 amide bonds. The van der Waals surface area contributed by atoms with E-state index in [0.717, 1.165) is 0 Å². The molecule has 12 N–H and O–H groups in total. The zero-order valence-electron chi connectivity index (χ0n) is 19.0. The van der Waals surface area contributed by atoms with Gasteiger partial charge in [0.15, 0.2) is 5.96 Å². The minimum absolute atomic E-state index is 0.0485. The summed E-state index contributed by atoms with van der Waals surface area (Å²) in [5.41, 5.74) is 21.9. The molecule has 0 saturated heterocycles. The van der Waals surface area contributed by atoms with Crippen LogP contribution < -0.4 is 38.9 Å². The average Bonchev–Trinajstić information content (AvgIpc) is 2.76. The lowest BCUT2D eigenvalue weighted by Crippen LogP contribution is -2.53. The summed E-state index contributed by atoms with van der Waals surface area (Å²) in [5.74, 6) is -2.36. The van der Waals surface area contributed by atoms with Crippen LogP contribution in [0.1, 0.15) is 38.5 Å². The number of nitrogens with two attached hydrogens (primary N) is 4. The fourth-order valence-corrected chi connectivity index (χ4v) is 3.19. The summed E-state index contributed by atoms with van der Waals surface area (Å²) in [4.78, 5) is 52.1. The van der Waals surface area contributed by atoms with Gasteiger partial charge < -0.3 is 44.0 Å². The Labute approximate surface area is 198 Å². The highest BCUT2D eigenvalue weighted by Gasteiger charge is 2.25. The first-order valence-electron chi connectivity index (χ1n) is 10.7. The number of carbonyl (C=O) groups excluding carboxylic acids is 3. The number of nitrogens with zero attached hydrogens (tertiary/aromatic N) is 1. The van der Waals surface area contributed by atoms with E-state index >= 15 is 0 Å². The number of amides is 3. The number of nitrogens with one attached hydrogen (secondary N) is 3. The summed E-state index contributed by atoms with van der Waals surface area (Å²) in [7, 11) is 0. The van der Waals surface area contributed by atoms with E-state index in [1.54, 1.807) is 0 Å². The summed E-state index contributed by atoms with van der Waals surface area (Å²) in [5, 5.41) is 16.6. The lowest BCUT2D eigenvalue weighted by molar-refractivity contribution is -0.141. The molecule has 0 aliphatic rings. The molecule has 0 aliphatic heterocycles. The van der Waals surface area contributed by atoms with E-state index in [-0.39, 0.29) is 12.4 Å². The van der Waals surface area contributed by atoms with Crippen molar-refractivity contribution in [3.05, 3.63) is 0 Å². The molecule has 13 nitrogen and oxygen atoms in total. The standard InChI is InChI=1S/C19H38N8O5S/c1-33-10-7-14(18(31)32)26-15(28)11-25-17(30)13(6-2-3-8-20)27-16(29)12(21)5-4-9-24-19(22)23/h12-14H,2-11,20-21H2,1H3,(H,25,30)(H,26,28)(H,27,29)(H,31,32)(H4,22,23,24). The van der Waals surface area contributed by atoms with Crippen LogP contribution in [0, 0.1) is 0 Å². The number of unbranched alkanes of at least 4 members (excludes halogenated alkanes) is 1. The van der Waals surface area contributed by atoms with E-state index in [4.69, 9.17) is 22.9 Å². The van der Waals surface area contributed by atoms with E-state index in [9.17, 15) is 24.3 Å². The highest BCUT2D eigenvalue weighted by molar-refractivity contribution is 7.98. The van der Waals surface area contributed by atoms with Gasteiger partial charge in [-0.3, -0.25) is 19.4 Å². The maximum absolute atomic E-state index is 12.6. The fraction of sp³-hybridized carbons (Fsp3) is 0.737. The predicted octanol–water partition coefficient (Wildman–Crippen LogP) is -2.58. The van der Waals surface area contributed by atoms with Crippen molar-refractivity contribution in [1.82, 2.24) is 16.0 Å². The summed E-state index contributed by atoms with van der Waals surface area (Å²) >= 11 is 1.46. The normalized spacial score (nSPS) is 13.3. The van der Waals surface area contributed by atoms with Crippen molar-refractivity contribution in [2.75, 3.05) is 31.6 Å². The second-order valence-corrected chi connectivity index (χ2v) is 8.34. The van der Waals surface area contributed by atoms with Crippen LogP contribution in [0.4, 0.5) is 0 Å². The highest BCUT2D eigenvalue weighted by Crippen LogP contribution is 2.04. The Morgan fingerprint density at radius 2 is 1.67 bits per heavy atom. The second kappa shape index (κ2) is 17.9. The average molecular weight is 491 g/mol. The van der Waals surface area contributed by atoms with Crippen molar-refractivity contribution in [2.24, 2.45) is 27.9 Å². The first-order chi connectivity index (χ1) is 15.6. The summed E-state index contributed by atoms with van der Waals surface area (Å²) < 4.78 is 0. The van der Waals surface area contributed by atoms with Crippen LogP contribution in [0.5, 0.6) is 0 Å². The van der Waals surface area contributed by atoms with Gasteiger partial charge in [0.25, 0.3) is 0 Å². The van der Waals surface area contributed by atoms with E-state index in [0.29, 0.717) is 50.9 Å². The fourth-order valence-electron chi connectivity index (χ4n) is 2.72. The molecule has 0 bridgehead atoms.